The molecule has 1 saturated heterocycles. The van der Waals surface area contributed by atoms with Crippen molar-refractivity contribution in [3.8, 4) is 0 Å². The topological polar surface area (TPSA) is 65.5 Å². The minimum Gasteiger partial charge on any atom is -0.379 e. The van der Waals surface area contributed by atoms with E-state index < -0.39 is 11.9 Å². The second-order valence-electron chi connectivity index (χ2n) is 11.0. The van der Waals surface area contributed by atoms with Crippen LogP contribution in [-0.4, -0.2) is 78.3 Å². The van der Waals surface area contributed by atoms with Crippen molar-refractivity contribution in [3.63, 3.8) is 0 Å². The van der Waals surface area contributed by atoms with Crippen LogP contribution in [0.15, 0.2) is 53.6 Å². The van der Waals surface area contributed by atoms with E-state index in [1.807, 2.05) is 20.8 Å². The van der Waals surface area contributed by atoms with Gasteiger partial charge in [-0.25, -0.2) is 13.8 Å². The molecule has 0 aromatic heterocycles. The van der Waals surface area contributed by atoms with Gasteiger partial charge in [0.05, 0.1) is 25.0 Å². The number of hydrogen-bond donors (Lipinski definition) is 0. The van der Waals surface area contributed by atoms with Crippen LogP contribution in [-0.2, 0) is 14.3 Å². The van der Waals surface area contributed by atoms with E-state index in [4.69, 9.17) is 4.74 Å². The van der Waals surface area contributed by atoms with Gasteiger partial charge in [-0.3, -0.25) is 14.5 Å². The van der Waals surface area contributed by atoms with Crippen LogP contribution in [0.5, 0.6) is 0 Å². The van der Waals surface area contributed by atoms with Crippen LogP contribution in [0.1, 0.15) is 50.8 Å². The number of benzene rings is 2. The zero-order chi connectivity index (χ0) is 27.3. The quantitative estimate of drug-likeness (QED) is 0.516. The molecule has 2 amide bonds. The summed E-state index contributed by atoms with van der Waals surface area (Å²) in [6.45, 7) is 9.68. The van der Waals surface area contributed by atoms with Gasteiger partial charge in [0.25, 0.3) is 5.91 Å². The molecule has 9 heteroatoms. The van der Waals surface area contributed by atoms with Crippen molar-refractivity contribution >= 4 is 17.5 Å². The highest BCUT2D eigenvalue weighted by Gasteiger charge is 2.36. The number of morpholine rings is 1. The first-order valence-electron chi connectivity index (χ1n) is 13.1. The highest BCUT2D eigenvalue weighted by molar-refractivity contribution is 6.03. The molecule has 0 spiro atoms. The van der Waals surface area contributed by atoms with Crippen molar-refractivity contribution in [3.05, 3.63) is 71.3 Å². The van der Waals surface area contributed by atoms with E-state index in [1.165, 1.54) is 23.2 Å². The van der Waals surface area contributed by atoms with E-state index in [1.54, 1.807) is 35.2 Å². The number of carbonyl (C=O) groups is 2. The van der Waals surface area contributed by atoms with Crippen molar-refractivity contribution in [2.75, 3.05) is 45.9 Å². The molecule has 0 radical (unpaired) electrons. The molecule has 0 aliphatic carbocycles. The van der Waals surface area contributed by atoms with Crippen LogP contribution in [0.4, 0.5) is 8.78 Å². The Kier molecular flexibility index (Phi) is 8.89. The smallest absolute Gasteiger partial charge is 0.262 e. The van der Waals surface area contributed by atoms with Gasteiger partial charge in [0.2, 0.25) is 5.91 Å². The molecule has 7 nitrogen and oxygen atoms in total. The lowest BCUT2D eigenvalue weighted by Crippen LogP contribution is -2.47. The zero-order valence-electron chi connectivity index (χ0n) is 22.3. The molecule has 2 heterocycles. The van der Waals surface area contributed by atoms with E-state index >= 15 is 0 Å². The molecule has 0 saturated carbocycles. The minimum atomic E-state index is -0.664. The second kappa shape index (κ2) is 12.1. The number of nitrogens with zero attached hydrogens (tertiary/aromatic N) is 4. The Morgan fingerprint density at radius 1 is 1.05 bits per heavy atom. The van der Waals surface area contributed by atoms with Gasteiger partial charge in [-0.15, -0.1) is 0 Å². The van der Waals surface area contributed by atoms with Gasteiger partial charge < -0.3 is 9.64 Å². The first kappa shape index (κ1) is 27.9. The fourth-order valence-corrected chi connectivity index (χ4v) is 4.72. The standard InChI is InChI=1S/C29H36F2N4O3/c1-29(2,3)19-27(36)34(13-12-33-14-16-38-17-15-33)20-28(37)35-26(23-6-4-5-7-24(23)31)18-25(32-35)21-8-10-22(30)11-9-21/h4-11,26H,12-20H2,1-3H3/t26-/m1/s1. The highest BCUT2D eigenvalue weighted by atomic mass is 19.1. The van der Waals surface area contributed by atoms with Crippen LogP contribution in [0.25, 0.3) is 0 Å². The van der Waals surface area contributed by atoms with Crippen molar-refractivity contribution < 1.29 is 23.1 Å². The van der Waals surface area contributed by atoms with Crippen LogP contribution in [0, 0.1) is 17.0 Å². The number of rotatable bonds is 8. The highest BCUT2D eigenvalue weighted by Crippen LogP contribution is 2.34. The number of halogens is 2. The lowest BCUT2D eigenvalue weighted by Gasteiger charge is -2.32. The number of hydrogen-bond acceptors (Lipinski definition) is 5. The van der Waals surface area contributed by atoms with Crippen molar-refractivity contribution in [1.29, 1.82) is 0 Å². The van der Waals surface area contributed by atoms with Crippen molar-refractivity contribution in [1.82, 2.24) is 14.8 Å². The van der Waals surface area contributed by atoms with Crippen LogP contribution < -0.4 is 0 Å². The summed E-state index contributed by atoms with van der Waals surface area (Å²) < 4.78 is 33.8. The summed E-state index contributed by atoms with van der Waals surface area (Å²) in [5.41, 5.74) is 1.33. The molecule has 2 aliphatic rings. The molecule has 1 fully saturated rings. The Bertz CT molecular complexity index is 1160. The summed E-state index contributed by atoms with van der Waals surface area (Å²) in [7, 11) is 0. The molecular weight excluding hydrogens is 490 g/mol. The summed E-state index contributed by atoms with van der Waals surface area (Å²) in [6.07, 6.45) is 0.576. The van der Waals surface area contributed by atoms with Gasteiger partial charge in [0, 0.05) is 44.6 Å². The van der Waals surface area contributed by atoms with E-state index in [0.29, 0.717) is 49.6 Å². The molecule has 204 valence electrons. The first-order chi connectivity index (χ1) is 18.1. The molecule has 2 aromatic carbocycles. The maximum absolute atomic E-state index is 14.8. The van der Waals surface area contributed by atoms with Gasteiger partial charge >= 0.3 is 0 Å². The van der Waals surface area contributed by atoms with E-state index in [2.05, 4.69) is 10.0 Å². The lowest BCUT2D eigenvalue weighted by atomic mass is 9.91. The van der Waals surface area contributed by atoms with Gasteiger partial charge in [-0.05, 0) is 29.2 Å². The average Bonchev–Trinajstić information content (AvgIpc) is 3.32. The summed E-state index contributed by atoms with van der Waals surface area (Å²) in [6, 6.07) is 11.5. The summed E-state index contributed by atoms with van der Waals surface area (Å²) in [5.74, 6) is -1.30. The number of ether oxygens (including phenoxy) is 1. The largest absolute Gasteiger partial charge is 0.379 e. The average molecular weight is 527 g/mol. The van der Waals surface area contributed by atoms with Crippen LogP contribution in [0.2, 0.25) is 0 Å². The zero-order valence-corrected chi connectivity index (χ0v) is 22.3. The third-order valence-corrected chi connectivity index (χ3v) is 6.76. The monoisotopic (exact) mass is 526 g/mol. The fraction of sp³-hybridized carbons (Fsp3) is 0.483. The molecule has 4 rings (SSSR count). The maximum Gasteiger partial charge on any atom is 0.262 e. The molecule has 0 unspecified atom stereocenters. The van der Waals surface area contributed by atoms with Crippen molar-refractivity contribution in [2.45, 2.75) is 39.7 Å². The molecule has 2 aromatic rings. The van der Waals surface area contributed by atoms with Gasteiger partial charge in [-0.2, -0.15) is 5.10 Å². The molecule has 0 bridgehead atoms. The SMILES string of the molecule is CC(C)(C)CC(=O)N(CCN1CCOCC1)CC(=O)N1N=C(c2ccc(F)cc2)C[C@@H]1c1ccccc1F. The van der Waals surface area contributed by atoms with Crippen molar-refractivity contribution in [2.24, 2.45) is 10.5 Å². The Morgan fingerprint density at radius 3 is 2.39 bits per heavy atom. The lowest BCUT2D eigenvalue weighted by molar-refractivity contribution is -0.142. The Morgan fingerprint density at radius 2 is 1.74 bits per heavy atom. The molecular formula is C29H36F2N4O3. The maximum atomic E-state index is 14.8. The predicted octanol–water partition coefficient (Wildman–Crippen LogP) is 4.24. The fourth-order valence-electron chi connectivity index (χ4n) is 4.72. The Balaban J connectivity index is 1.58. The third kappa shape index (κ3) is 7.23. The number of amides is 2. The van der Waals surface area contributed by atoms with Crippen LogP contribution in [0.3, 0.4) is 0 Å². The van der Waals surface area contributed by atoms with E-state index in [0.717, 1.165) is 13.1 Å². The Labute approximate surface area is 223 Å². The third-order valence-electron chi connectivity index (χ3n) is 6.76. The summed E-state index contributed by atoms with van der Waals surface area (Å²) >= 11 is 0. The minimum absolute atomic E-state index is 0.108. The Hall–Kier alpha value is -3.17. The molecule has 1 atom stereocenters. The predicted molar refractivity (Wildman–Crippen MR) is 141 cm³/mol. The second-order valence-corrected chi connectivity index (χ2v) is 11.0. The first-order valence-corrected chi connectivity index (χ1v) is 13.1. The molecule has 0 N–H and O–H groups in total. The van der Waals surface area contributed by atoms with E-state index in [-0.39, 0.29) is 36.0 Å². The normalized spacial score (nSPS) is 18.4. The van der Waals surface area contributed by atoms with E-state index in [9.17, 15) is 18.4 Å². The van der Waals surface area contributed by atoms with Gasteiger partial charge in [0.15, 0.2) is 0 Å². The molecule has 2 aliphatic heterocycles. The van der Waals surface area contributed by atoms with Crippen LogP contribution >= 0.6 is 0 Å². The van der Waals surface area contributed by atoms with Gasteiger partial charge in [-0.1, -0.05) is 51.1 Å². The summed E-state index contributed by atoms with van der Waals surface area (Å²) in [4.78, 5) is 30.8. The molecule has 38 heavy (non-hydrogen) atoms. The number of carbonyl (C=O) groups excluding carboxylic acids is 2. The van der Waals surface area contributed by atoms with Gasteiger partial charge in [0.1, 0.15) is 18.2 Å². The summed E-state index contributed by atoms with van der Waals surface area (Å²) in [5, 5.41) is 5.87. The number of hydrazone groups is 1.